The highest BCUT2D eigenvalue weighted by molar-refractivity contribution is 5.89. The van der Waals surface area contributed by atoms with Crippen molar-refractivity contribution >= 4 is 18.0 Å². The summed E-state index contributed by atoms with van der Waals surface area (Å²) in [6.07, 6.45) is 15.8. The van der Waals surface area contributed by atoms with Crippen LogP contribution in [0.1, 0.15) is 80.3 Å². The second-order valence-electron chi connectivity index (χ2n) is 10.2. The number of aryl methyl sites for hydroxylation is 1. The molecule has 3 rings (SSSR count). The quantitative estimate of drug-likeness (QED) is 0.110. The molecule has 0 aliphatic rings. The highest BCUT2D eigenvalue weighted by atomic mass is 16.5. The Morgan fingerprint density at radius 3 is 2.34 bits per heavy atom. The number of rotatable bonds is 19. The van der Waals surface area contributed by atoms with Crippen molar-refractivity contribution in [2.24, 2.45) is 5.92 Å². The van der Waals surface area contributed by atoms with Crippen LogP contribution in [0.25, 0.3) is 6.08 Å². The molecule has 1 heterocycles. The van der Waals surface area contributed by atoms with Gasteiger partial charge in [-0.05, 0) is 94.2 Å². The molecule has 0 amide bonds. The number of ether oxygens (including phenoxy) is 3. The number of hydrogen-bond acceptors (Lipinski definition) is 5. The van der Waals surface area contributed by atoms with E-state index in [4.69, 9.17) is 14.2 Å². The van der Waals surface area contributed by atoms with E-state index in [0.717, 1.165) is 68.4 Å². The normalized spacial score (nSPS) is 11.9. The molecule has 1 unspecified atom stereocenters. The number of unbranched alkanes of at least 4 members (excludes halogenated alkanes) is 3. The van der Waals surface area contributed by atoms with Crippen LogP contribution < -0.4 is 4.74 Å². The van der Waals surface area contributed by atoms with Crippen LogP contribution in [0.3, 0.4) is 0 Å². The minimum Gasteiger partial charge on any atom is -0.493 e. The number of carbonyl (C=O) groups is 2. The molecular formula is C35H45NO5. The maximum atomic E-state index is 12.0. The molecule has 220 valence electrons. The minimum atomic E-state index is -0.299. The van der Waals surface area contributed by atoms with Crippen molar-refractivity contribution in [3.63, 3.8) is 0 Å². The molecule has 0 radical (unpaired) electrons. The Kier molecular flexibility index (Phi) is 14.3. The molecule has 0 bridgehead atoms. The Bertz CT molecular complexity index is 1180. The lowest BCUT2D eigenvalue weighted by Gasteiger charge is -2.14. The number of aromatic nitrogens is 1. The van der Waals surface area contributed by atoms with Crippen LogP contribution in [0.15, 0.2) is 79.1 Å². The van der Waals surface area contributed by atoms with Gasteiger partial charge in [-0.15, -0.1) is 0 Å². The summed E-state index contributed by atoms with van der Waals surface area (Å²) in [5, 5.41) is 0. The number of carbonyl (C=O) groups excluding carboxylic acids is 2. The van der Waals surface area contributed by atoms with Crippen molar-refractivity contribution in [2.75, 3.05) is 19.8 Å². The first-order valence-electron chi connectivity index (χ1n) is 15.0. The van der Waals surface area contributed by atoms with E-state index in [9.17, 15) is 9.59 Å². The van der Waals surface area contributed by atoms with Crippen LogP contribution in [-0.4, -0.2) is 36.3 Å². The number of esters is 2. The lowest BCUT2D eigenvalue weighted by atomic mass is 9.92. The van der Waals surface area contributed by atoms with Gasteiger partial charge in [0.05, 0.1) is 25.4 Å². The molecule has 0 aliphatic carbocycles. The summed E-state index contributed by atoms with van der Waals surface area (Å²) in [6.45, 7) is 6.15. The Labute approximate surface area is 245 Å². The number of hydrogen-bond donors (Lipinski definition) is 0. The summed E-state index contributed by atoms with van der Waals surface area (Å²) >= 11 is 0. The maximum Gasteiger partial charge on any atom is 0.338 e. The Hall–Kier alpha value is -3.80. The zero-order chi connectivity index (χ0) is 29.1. The van der Waals surface area contributed by atoms with Gasteiger partial charge < -0.3 is 18.8 Å². The van der Waals surface area contributed by atoms with E-state index >= 15 is 0 Å². The van der Waals surface area contributed by atoms with Gasteiger partial charge >= 0.3 is 11.9 Å². The number of para-hydroxylation sites is 1. The van der Waals surface area contributed by atoms with Gasteiger partial charge in [-0.3, -0.25) is 4.79 Å². The molecule has 41 heavy (non-hydrogen) atoms. The SMILES string of the molecule is CCOC(=O)CCCCC(/C=C/c1ccccc1OCCCCCn1cccc1)Cc1ccc(C(=O)OCC)cc1. The third-order valence-corrected chi connectivity index (χ3v) is 6.93. The van der Waals surface area contributed by atoms with E-state index in [2.05, 4.69) is 47.3 Å². The van der Waals surface area contributed by atoms with Gasteiger partial charge in [0.2, 0.25) is 0 Å². The van der Waals surface area contributed by atoms with Crippen LogP contribution in [0.4, 0.5) is 0 Å². The fourth-order valence-electron chi connectivity index (χ4n) is 4.73. The summed E-state index contributed by atoms with van der Waals surface area (Å²) in [6, 6.07) is 19.9. The van der Waals surface area contributed by atoms with Gasteiger partial charge in [0.25, 0.3) is 0 Å². The molecule has 2 aromatic carbocycles. The number of benzene rings is 2. The molecule has 0 N–H and O–H groups in total. The van der Waals surface area contributed by atoms with Crippen LogP contribution >= 0.6 is 0 Å². The largest absolute Gasteiger partial charge is 0.493 e. The van der Waals surface area contributed by atoms with E-state index in [-0.39, 0.29) is 17.9 Å². The average Bonchev–Trinajstić information content (AvgIpc) is 3.50. The summed E-state index contributed by atoms with van der Waals surface area (Å²) in [4.78, 5) is 23.8. The van der Waals surface area contributed by atoms with E-state index in [0.29, 0.717) is 31.8 Å². The van der Waals surface area contributed by atoms with Crippen molar-refractivity contribution in [1.82, 2.24) is 4.57 Å². The van der Waals surface area contributed by atoms with Crippen molar-refractivity contribution in [2.45, 2.75) is 71.8 Å². The van der Waals surface area contributed by atoms with Crippen molar-refractivity contribution in [1.29, 1.82) is 0 Å². The molecule has 1 atom stereocenters. The first-order chi connectivity index (χ1) is 20.1. The van der Waals surface area contributed by atoms with Crippen LogP contribution in [0.5, 0.6) is 5.75 Å². The molecule has 0 saturated heterocycles. The van der Waals surface area contributed by atoms with Crippen LogP contribution in [0, 0.1) is 5.92 Å². The van der Waals surface area contributed by atoms with Gasteiger partial charge in [-0.1, -0.05) is 48.9 Å². The second-order valence-corrected chi connectivity index (χ2v) is 10.2. The standard InChI is InChI=1S/C35H45NO5/c1-3-39-34(37)17-9-6-14-29(28-30-19-22-32(23-20-30)35(38)40-4-2)18-21-31-15-7-8-16-33(31)41-27-13-5-10-24-36-25-11-12-26-36/h7-8,11-12,15-16,18-23,25-26,29H,3-6,9-10,13-14,17,24,27-28H2,1-2H3/b21-18+. The monoisotopic (exact) mass is 559 g/mol. The highest BCUT2D eigenvalue weighted by Crippen LogP contribution is 2.24. The van der Waals surface area contributed by atoms with E-state index in [1.54, 1.807) is 6.92 Å². The maximum absolute atomic E-state index is 12.0. The molecule has 3 aromatic rings. The molecule has 0 fully saturated rings. The van der Waals surface area contributed by atoms with Gasteiger partial charge in [0.1, 0.15) is 5.75 Å². The molecular weight excluding hydrogens is 514 g/mol. The summed E-state index contributed by atoms with van der Waals surface area (Å²) in [5.74, 6) is 0.735. The molecule has 0 saturated carbocycles. The predicted molar refractivity (Wildman–Crippen MR) is 164 cm³/mol. The Balaban J connectivity index is 1.58. The van der Waals surface area contributed by atoms with Crippen molar-refractivity contribution in [3.05, 3.63) is 95.8 Å². The summed E-state index contributed by atoms with van der Waals surface area (Å²) in [5.41, 5.74) is 2.78. The third kappa shape index (κ3) is 12.1. The second kappa shape index (κ2) is 18.5. The van der Waals surface area contributed by atoms with Crippen LogP contribution in [0.2, 0.25) is 0 Å². The summed E-state index contributed by atoms with van der Waals surface area (Å²) < 4.78 is 18.6. The smallest absolute Gasteiger partial charge is 0.338 e. The van der Waals surface area contributed by atoms with Crippen LogP contribution in [-0.2, 0) is 27.2 Å². The molecule has 1 aromatic heterocycles. The third-order valence-electron chi connectivity index (χ3n) is 6.93. The average molecular weight is 560 g/mol. The zero-order valence-electron chi connectivity index (χ0n) is 24.6. The lowest BCUT2D eigenvalue weighted by molar-refractivity contribution is -0.143. The lowest BCUT2D eigenvalue weighted by Crippen LogP contribution is -2.06. The van der Waals surface area contributed by atoms with Gasteiger partial charge in [0, 0.05) is 30.9 Å². The Morgan fingerprint density at radius 1 is 0.829 bits per heavy atom. The topological polar surface area (TPSA) is 66.8 Å². The van der Waals surface area contributed by atoms with Gasteiger partial charge in [-0.25, -0.2) is 4.79 Å². The van der Waals surface area contributed by atoms with E-state index in [1.807, 2.05) is 49.4 Å². The van der Waals surface area contributed by atoms with Gasteiger partial charge in [0.15, 0.2) is 0 Å². The van der Waals surface area contributed by atoms with Gasteiger partial charge in [-0.2, -0.15) is 0 Å². The molecule has 6 heteroatoms. The fraction of sp³-hybridized carbons (Fsp3) is 0.429. The van der Waals surface area contributed by atoms with Crippen molar-refractivity contribution < 1.29 is 23.8 Å². The molecule has 6 nitrogen and oxygen atoms in total. The number of nitrogens with zero attached hydrogens (tertiary/aromatic N) is 1. The Morgan fingerprint density at radius 2 is 1.59 bits per heavy atom. The highest BCUT2D eigenvalue weighted by Gasteiger charge is 2.11. The predicted octanol–water partition coefficient (Wildman–Crippen LogP) is 7.91. The summed E-state index contributed by atoms with van der Waals surface area (Å²) in [7, 11) is 0. The zero-order valence-corrected chi connectivity index (χ0v) is 24.6. The molecule has 0 aliphatic heterocycles. The fourth-order valence-corrected chi connectivity index (χ4v) is 4.73. The first kappa shape index (κ1) is 31.7. The molecule has 0 spiro atoms. The van der Waals surface area contributed by atoms with Crippen molar-refractivity contribution in [3.8, 4) is 5.75 Å². The number of allylic oxidation sites excluding steroid dienone is 1. The minimum absolute atomic E-state index is 0.134. The van der Waals surface area contributed by atoms with E-state index in [1.165, 1.54) is 0 Å². The first-order valence-corrected chi connectivity index (χ1v) is 15.0. The van der Waals surface area contributed by atoms with E-state index < -0.39 is 0 Å².